The Hall–Kier alpha value is -2.31. The molecule has 4 nitrogen and oxygen atoms in total. The highest BCUT2D eigenvalue weighted by molar-refractivity contribution is 9.10. The molecule has 4 aromatic rings. The molecule has 0 aliphatic carbocycles. The van der Waals surface area contributed by atoms with Gasteiger partial charge in [-0.3, -0.25) is 4.79 Å². The first kappa shape index (κ1) is 15.2. The third-order valence-electron chi connectivity index (χ3n) is 3.63. The third kappa shape index (κ3) is 2.79. The van der Waals surface area contributed by atoms with E-state index in [1.54, 1.807) is 0 Å². The minimum atomic E-state index is -0.135. The Morgan fingerprint density at radius 2 is 1.96 bits per heavy atom. The van der Waals surface area contributed by atoms with E-state index in [2.05, 4.69) is 26.0 Å². The van der Waals surface area contributed by atoms with Crippen LogP contribution in [-0.4, -0.2) is 14.6 Å². The maximum Gasteiger partial charge on any atom is 0.291 e. The zero-order valence-electron chi connectivity index (χ0n) is 12.7. The highest BCUT2D eigenvalue weighted by Crippen LogP contribution is 2.17. The second-order valence-electron chi connectivity index (χ2n) is 5.47. The van der Waals surface area contributed by atoms with Crippen LogP contribution in [0.2, 0.25) is 0 Å². The van der Waals surface area contributed by atoms with Crippen LogP contribution in [-0.2, 0) is 0 Å². The molecule has 0 bridgehead atoms. The van der Waals surface area contributed by atoms with Gasteiger partial charge in [-0.05, 0) is 36.8 Å². The Morgan fingerprint density at radius 3 is 2.67 bits per heavy atom. The number of aromatic nitrogens is 3. The number of hydrogen-bond donors (Lipinski definition) is 0. The first-order chi connectivity index (χ1) is 11.6. The number of halogens is 1. The predicted molar refractivity (Wildman–Crippen MR) is 100 cm³/mol. The average Bonchev–Trinajstić information content (AvgIpc) is 3.10. The fourth-order valence-corrected chi connectivity index (χ4v) is 3.62. The molecule has 0 unspecified atom stereocenters. The van der Waals surface area contributed by atoms with Gasteiger partial charge >= 0.3 is 0 Å². The zero-order valence-corrected chi connectivity index (χ0v) is 15.1. The topological polar surface area (TPSA) is 47.3 Å². The summed E-state index contributed by atoms with van der Waals surface area (Å²) < 4.78 is 3.02. The van der Waals surface area contributed by atoms with Crippen molar-refractivity contribution in [2.45, 2.75) is 6.92 Å². The number of nitrogens with zero attached hydrogens (tertiary/aromatic N) is 3. The van der Waals surface area contributed by atoms with Crippen LogP contribution in [0.4, 0.5) is 0 Å². The fraction of sp³-hybridized carbons (Fsp3) is 0.0556. The molecular formula is C18H12BrN3OS. The Bertz CT molecular complexity index is 1150. The van der Waals surface area contributed by atoms with Gasteiger partial charge in [0.2, 0.25) is 4.96 Å². The number of benzene rings is 2. The second kappa shape index (κ2) is 5.96. The van der Waals surface area contributed by atoms with Gasteiger partial charge < -0.3 is 0 Å². The average molecular weight is 398 g/mol. The van der Waals surface area contributed by atoms with Crippen molar-refractivity contribution in [3.8, 4) is 11.4 Å². The minimum absolute atomic E-state index is 0.135. The first-order valence-corrected chi connectivity index (χ1v) is 8.95. The molecule has 4 rings (SSSR count). The van der Waals surface area contributed by atoms with E-state index in [1.165, 1.54) is 15.9 Å². The molecule has 0 fully saturated rings. The zero-order chi connectivity index (χ0) is 16.7. The molecule has 0 saturated carbocycles. The summed E-state index contributed by atoms with van der Waals surface area (Å²) in [6.45, 7) is 2.02. The molecule has 0 aliphatic heterocycles. The van der Waals surface area contributed by atoms with Gasteiger partial charge in [-0.2, -0.15) is 9.50 Å². The maximum absolute atomic E-state index is 12.5. The van der Waals surface area contributed by atoms with Crippen LogP contribution in [0.1, 0.15) is 11.1 Å². The lowest BCUT2D eigenvalue weighted by atomic mass is 10.1. The molecule has 2 heterocycles. The van der Waals surface area contributed by atoms with Crippen LogP contribution in [0.5, 0.6) is 0 Å². The lowest BCUT2D eigenvalue weighted by Crippen LogP contribution is -2.23. The van der Waals surface area contributed by atoms with Crippen LogP contribution < -0.4 is 10.1 Å². The normalized spacial score (nSPS) is 12.2. The van der Waals surface area contributed by atoms with Crippen molar-refractivity contribution in [2.24, 2.45) is 0 Å². The fourth-order valence-electron chi connectivity index (χ4n) is 2.45. The number of thiazole rings is 1. The Balaban J connectivity index is 1.81. The molecule has 0 N–H and O–H groups in total. The maximum atomic E-state index is 12.5. The smallest absolute Gasteiger partial charge is 0.266 e. The van der Waals surface area contributed by atoms with Gasteiger partial charge in [0.1, 0.15) is 0 Å². The van der Waals surface area contributed by atoms with Crippen molar-refractivity contribution in [3.63, 3.8) is 0 Å². The number of hydrogen-bond acceptors (Lipinski definition) is 4. The highest BCUT2D eigenvalue weighted by Gasteiger charge is 2.11. The van der Waals surface area contributed by atoms with Gasteiger partial charge in [0.15, 0.2) is 5.82 Å². The quantitative estimate of drug-likeness (QED) is 0.520. The molecule has 0 spiro atoms. The lowest BCUT2D eigenvalue weighted by molar-refractivity contribution is 0.936. The van der Waals surface area contributed by atoms with Crippen LogP contribution in [0, 0.1) is 6.92 Å². The first-order valence-electron chi connectivity index (χ1n) is 7.34. The van der Waals surface area contributed by atoms with E-state index in [4.69, 9.17) is 0 Å². The molecule has 24 heavy (non-hydrogen) atoms. The SMILES string of the molecule is Cc1cccc(-c2nc3sc(=Cc4ccc(Br)cc4)c(=O)n3n2)c1. The van der Waals surface area contributed by atoms with E-state index >= 15 is 0 Å². The second-order valence-corrected chi connectivity index (χ2v) is 7.39. The van der Waals surface area contributed by atoms with E-state index in [0.29, 0.717) is 15.3 Å². The molecule has 2 aromatic heterocycles. The summed E-state index contributed by atoms with van der Waals surface area (Å²) in [6, 6.07) is 15.8. The van der Waals surface area contributed by atoms with Crippen LogP contribution >= 0.6 is 27.3 Å². The molecule has 2 aromatic carbocycles. The van der Waals surface area contributed by atoms with Crippen molar-refractivity contribution < 1.29 is 0 Å². The van der Waals surface area contributed by atoms with Crippen molar-refractivity contribution in [1.29, 1.82) is 0 Å². The molecule has 0 aliphatic rings. The number of fused-ring (bicyclic) bond motifs is 1. The summed E-state index contributed by atoms with van der Waals surface area (Å²) in [4.78, 5) is 17.7. The van der Waals surface area contributed by atoms with Crippen molar-refractivity contribution in [2.75, 3.05) is 0 Å². The largest absolute Gasteiger partial charge is 0.291 e. The molecule has 0 saturated heterocycles. The molecule has 118 valence electrons. The van der Waals surface area contributed by atoms with Gasteiger partial charge in [-0.1, -0.05) is 63.2 Å². The van der Waals surface area contributed by atoms with Gasteiger partial charge in [-0.15, -0.1) is 5.10 Å². The summed E-state index contributed by atoms with van der Waals surface area (Å²) in [5, 5.41) is 4.38. The van der Waals surface area contributed by atoms with E-state index in [0.717, 1.165) is 21.2 Å². The summed E-state index contributed by atoms with van der Waals surface area (Å²) in [7, 11) is 0. The van der Waals surface area contributed by atoms with Crippen LogP contribution in [0.3, 0.4) is 0 Å². The van der Waals surface area contributed by atoms with E-state index in [1.807, 2.05) is 61.5 Å². The van der Waals surface area contributed by atoms with Gasteiger partial charge in [0, 0.05) is 10.0 Å². The Labute approximate surface area is 150 Å². The number of rotatable bonds is 2. The van der Waals surface area contributed by atoms with E-state index < -0.39 is 0 Å². The molecule has 0 amide bonds. The third-order valence-corrected chi connectivity index (χ3v) is 5.11. The lowest BCUT2D eigenvalue weighted by Gasteiger charge is -1.95. The summed E-state index contributed by atoms with van der Waals surface area (Å²) in [6.07, 6.45) is 1.86. The van der Waals surface area contributed by atoms with Crippen molar-refractivity contribution >= 4 is 38.3 Å². The highest BCUT2D eigenvalue weighted by atomic mass is 79.9. The molecule has 0 atom stereocenters. The van der Waals surface area contributed by atoms with Gasteiger partial charge in [0.25, 0.3) is 5.56 Å². The Morgan fingerprint density at radius 1 is 1.17 bits per heavy atom. The Kier molecular flexibility index (Phi) is 3.78. The van der Waals surface area contributed by atoms with Crippen LogP contribution in [0.15, 0.2) is 57.8 Å². The number of aryl methyl sites for hydroxylation is 1. The summed E-state index contributed by atoms with van der Waals surface area (Å²) >= 11 is 4.76. The van der Waals surface area contributed by atoms with Gasteiger partial charge in [-0.25, -0.2) is 0 Å². The van der Waals surface area contributed by atoms with Crippen molar-refractivity contribution in [3.05, 3.63) is 79.0 Å². The van der Waals surface area contributed by atoms with Gasteiger partial charge in [0.05, 0.1) is 4.53 Å². The molecule has 6 heteroatoms. The summed E-state index contributed by atoms with van der Waals surface area (Å²) in [5.74, 6) is 0.581. The molecule has 0 radical (unpaired) electrons. The molecular weight excluding hydrogens is 386 g/mol. The van der Waals surface area contributed by atoms with Crippen LogP contribution in [0.25, 0.3) is 22.4 Å². The predicted octanol–water partition coefficient (Wildman–Crippen LogP) is 3.44. The monoisotopic (exact) mass is 397 g/mol. The summed E-state index contributed by atoms with van der Waals surface area (Å²) in [5.41, 5.74) is 2.89. The van der Waals surface area contributed by atoms with Crippen molar-refractivity contribution in [1.82, 2.24) is 14.6 Å². The van der Waals surface area contributed by atoms with E-state index in [-0.39, 0.29) is 5.56 Å². The standard InChI is InChI=1S/C18H12BrN3OS/c1-11-3-2-4-13(9-11)16-20-18-22(21-16)17(23)15(24-18)10-12-5-7-14(19)8-6-12/h2-10H,1H3. The van der Waals surface area contributed by atoms with E-state index in [9.17, 15) is 4.79 Å². The minimum Gasteiger partial charge on any atom is -0.266 e.